The van der Waals surface area contributed by atoms with Crippen molar-refractivity contribution in [2.75, 3.05) is 53.5 Å². The molecule has 2 amide bonds. The maximum Gasteiger partial charge on any atom is 0.254 e. The number of amides is 2. The van der Waals surface area contributed by atoms with Gasteiger partial charge in [0.1, 0.15) is 11.5 Å². The van der Waals surface area contributed by atoms with Crippen LogP contribution in [-0.4, -0.2) is 75.1 Å². The molecule has 0 atom stereocenters. The second-order valence-electron chi connectivity index (χ2n) is 6.85. The van der Waals surface area contributed by atoms with Crippen LogP contribution in [0.5, 0.6) is 11.5 Å². The van der Waals surface area contributed by atoms with E-state index in [1.807, 2.05) is 4.90 Å². The second kappa shape index (κ2) is 9.80. The van der Waals surface area contributed by atoms with Gasteiger partial charge in [0.15, 0.2) is 0 Å². The summed E-state index contributed by atoms with van der Waals surface area (Å²) in [4.78, 5) is 28.6. The maximum atomic E-state index is 12.8. The molecule has 1 aromatic rings. The molecule has 1 N–H and O–H groups in total. The number of rotatable bonds is 7. The first-order valence-electron chi connectivity index (χ1n) is 9.11. The van der Waals surface area contributed by atoms with Crippen molar-refractivity contribution in [2.24, 2.45) is 5.92 Å². The monoisotopic (exact) mass is 397 g/mol. The van der Waals surface area contributed by atoms with Crippen LogP contribution >= 0.6 is 12.4 Å². The van der Waals surface area contributed by atoms with Gasteiger partial charge in [-0.2, -0.15) is 0 Å². The molecule has 2 fully saturated rings. The van der Waals surface area contributed by atoms with Crippen molar-refractivity contribution in [3.8, 4) is 11.5 Å². The van der Waals surface area contributed by atoms with E-state index in [4.69, 9.17) is 9.47 Å². The predicted molar refractivity (Wildman–Crippen MR) is 105 cm³/mol. The quantitative estimate of drug-likeness (QED) is 0.753. The van der Waals surface area contributed by atoms with Crippen LogP contribution in [-0.2, 0) is 4.79 Å². The summed E-state index contributed by atoms with van der Waals surface area (Å²) in [5, 5.41) is 3.23. The summed E-state index contributed by atoms with van der Waals surface area (Å²) in [7, 11) is 3.12. The predicted octanol–water partition coefficient (Wildman–Crippen LogP) is 1.41. The normalized spacial score (nSPS) is 16.5. The van der Waals surface area contributed by atoms with Gasteiger partial charge in [0.05, 0.1) is 20.8 Å². The molecule has 8 heteroatoms. The Kier molecular flexibility index (Phi) is 7.74. The highest BCUT2D eigenvalue weighted by atomic mass is 35.5. The summed E-state index contributed by atoms with van der Waals surface area (Å²) in [5.74, 6) is 1.98. The molecule has 27 heavy (non-hydrogen) atoms. The molecule has 1 aliphatic heterocycles. The lowest BCUT2D eigenvalue weighted by molar-refractivity contribution is -0.131. The van der Waals surface area contributed by atoms with Gasteiger partial charge in [-0.05, 0) is 37.4 Å². The largest absolute Gasteiger partial charge is 0.497 e. The smallest absolute Gasteiger partial charge is 0.254 e. The SMILES string of the molecule is COc1cc(OC)cc(C(=O)N2CCN(C(=O)CNCC3CC3)CC2)c1.Cl. The number of ether oxygens (including phenoxy) is 2. The highest BCUT2D eigenvalue weighted by molar-refractivity contribution is 5.95. The minimum absolute atomic E-state index is 0. The number of hydrogen-bond acceptors (Lipinski definition) is 5. The van der Waals surface area contributed by atoms with E-state index in [1.165, 1.54) is 12.8 Å². The third kappa shape index (κ3) is 5.74. The summed E-state index contributed by atoms with van der Waals surface area (Å²) in [6.45, 7) is 3.52. The first-order chi connectivity index (χ1) is 12.6. The summed E-state index contributed by atoms with van der Waals surface area (Å²) < 4.78 is 10.5. The number of halogens is 1. The Balaban J connectivity index is 0.00000261. The van der Waals surface area contributed by atoms with Crippen LogP contribution in [0.2, 0.25) is 0 Å². The van der Waals surface area contributed by atoms with Crippen molar-refractivity contribution in [3.05, 3.63) is 23.8 Å². The number of nitrogens with one attached hydrogen (secondary N) is 1. The minimum Gasteiger partial charge on any atom is -0.497 e. The molecule has 0 unspecified atom stereocenters. The topological polar surface area (TPSA) is 71.1 Å². The number of benzene rings is 1. The molecule has 1 aromatic carbocycles. The van der Waals surface area contributed by atoms with E-state index in [0.717, 1.165) is 12.5 Å². The first kappa shape index (κ1) is 21.3. The molecule has 1 aliphatic carbocycles. The summed E-state index contributed by atoms with van der Waals surface area (Å²) >= 11 is 0. The first-order valence-corrected chi connectivity index (χ1v) is 9.11. The molecule has 2 aliphatic rings. The average Bonchev–Trinajstić information content (AvgIpc) is 3.51. The fourth-order valence-corrected chi connectivity index (χ4v) is 3.09. The van der Waals surface area contributed by atoms with E-state index in [2.05, 4.69) is 5.32 Å². The third-order valence-corrected chi connectivity index (χ3v) is 4.92. The van der Waals surface area contributed by atoms with Crippen molar-refractivity contribution >= 4 is 24.2 Å². The number of carbonyl (C=O) groups excluding carboxylic acids is 2. The fourth-order valence-electron chi connectivity index (χ4n) is 3.09. The van der Waals surface area contributed by atoms with Crippen molar-refractivity contribution in [2.45, 2.75) is 12.8 Å². The van der Waals surface area contributed by atoms with Gasteiger partial charge in [-0.25, -0.2) is 0 Å². The molecule has 1 saturated carbocycles. The van der Waals surface area contributed by atoms with E-state index >= 15 is 0 Å². The second-order valence-corrected chi connectivity index (χ2v) is 6.85. The molecule has 1 saturated heterocycles. The molecule has 0 spiro atoms. The maximum absolute atomic E-state index is 12.8. The van der Waals surface area contributed by atoms with Crippen molar-refractivity contribution < 1.29 is 19.1 Å². The molecule has 3 rings (SSSR count). The van der Waals surface area contributed by atoms with Crippen LogP contribution in [0, 0.1) is 5.92 Å². The Morgan fingerprint density at radius 2 is 1.56 bits per heavy atom. The Morgan fingerprint density at radius 1 is 1.00 bits per heavy atom. The number of piperazine rings is 1. The summed E-state index contributed by atoms with van der Waals surface area (Å²) in [5.41, 5.74) is 0.534. The van der Waals surface area contributed by atoms with Crippen molar-refractivity contribution in [3.63, 3.8) is 0 Å². The van der Waals surface area contributed by atoms with E-state index in [-0.39, 0.29) is 24.2 Å². The van der Waals surface area contributed by atoms with E-state index in [9.17, 15) is 9.59 Å². The van der Waals surface area contributed by atoms with Crippen molar-refractivity contribution in [1.82, 2.24) is 15.1 Å². The Labute approximate surface area is 166 Å². The Hall–Kier alpha value is -1.99. The summed E-state index contributed by atoms with van der Waals surface area (Å²) in [6, 6.07) is 5.16. The van der Waals surface area contributed by atoms with E-state index in [0.29, 0.717) is 49.8 Å². The molecule has 150 valence electrons. The Bertz CT molecular complexity index is 636. The molecular weight excluding hydrogens is 370 g/mol. The van der Waals surface area contributed by atoms with Gasteiger partial charge in [0.2, 0.25) is 5.91 Å². The standard InChI is InChI=1S/C19H27N3O4.ClH/c1-25-16-9-15(10-17(11-16)26-2)19(24)22-7-5-21(6-8-22)18(23)13-20-12-14-3-4-14;/h9-11,14,20H,3-8,12-13H2,1-2H3;1H. The van der Waals surface area contributed by atoms with Crippen LogP contribution in [0.4, 0.5) is 0 Å². The van der Waals surface area contributed by atoms with Gasteiger partial charge < -0.3 is 24.6 Å². The van der Waals surface area contributed by atoms with Crippen LogP contribution in [0.1, 0.15) is 23.2 Å². The van der Waals surface area contributed by atoms with E-state index in [1.54, 1.807) is 37.3 Å². The zero-order chi connectivity index (χ0) is 18.5. The zero-order valence-electron chi connectivity index (χ0n) is 15.9. The average molecular weight is 398 g/mol. The van der Waals surface area contributed by atoms with Gasteiger partial charge in [-0.3, -0.25) is 9.59 Å². The number of carbonyl (C=O) groups is 2. The molecule has 1 heterocycles. The van der Waals surface area contributed by atoms with E-state index < -0.39 is 0 Å². The van der Waals surface area contributed by atoms with Crippen LogP contribution in [0.25, 0.3) is 0 Å². The van der Waals surface area contributed by atoms with Gasteiger partial charge in [-0.15, -0.1) is 12.4 Å². The lowest BCUT2D eigenvalue weighted by atomic mass is 10.1. The highest BCUT2D eigenvalue weighted by Crippen LogP contribution is 2.27. The van der Waals surface area contributed by atoms with Gasteiger partial charge in [0.25, 0.3) is 5.91 Å². The lowest BCUT2D eigenvalue weighted by Gasteiger charge is -2.35. The van der Waals surface area contributed by atoms with Gasteiger partial charge >= 0.3 is 0 Å². The van der Waals surface area contributed by atoms with Gasteiger partial charge in [0, 0.05) is 37.8 Å². The van der Waals surface area contributed by atoms with Crippen LogP contribution < -0.4 is 14.8 Å². The number of hydrogen-bond donors (Lipinski definition) is 1. The van der Waals surface area contributed by atoms with Crippen LogP contribution in [0.15, 0.2) is 18.2 Å². The summed E-state index contributed by atoms with van der Waals surface area (Å²) in [6.07, 6.45) is 2.55. The highest BCUT2D eigenvalue weighted by Gasteiger charge is 2.26. The lowest BCUT2D eigenvalue weighted by Crippen LogP contribution is -2.52. The molecule has 0 radical (unpaired) electrons. The molecule has 0 bridgehead atoms. The minimum atomic E-state index is -0.0684. The Morgan fingerprint density at radius 3 is 2.07 bits per heavy atom. The van der Waals surface area contributed by atoms with Gasteiger partial charge in [-0.1, -0.05) is 0 Å². The van der Waals surface area contributed by atoms with Crippen LogP contribution in [0.3, 0.4) is 0 Å². The fraction of sp³-hybridized carbons (Fsp3) is 0.579. The third-order valence-electron chi connectivity index (χ3n) is 4.92. The molecular formula is C19H28ClN3O4. The zero-order valence-corrected chi connectivity index (χ0v) is 16.7. The molecule has 0 aromatic heterocycles. The number of methoxy groups -OCH3 is 2. The molecule has 7 nitrogen and oxygen atoms in total. The number of nitrogens with zero attached hydrogens (tertiary/aromatic N) is 2. The van der Waals surface area contributed by atoms with Crippen molar-refractivity contribution in [1.29, 1.82) is 0 Å².